The van der Waals surface area contributed by atoms with Crippen molar-refractivity contribution in [2.24, 2.45) is 5.73 Å². The summed E-state index contributed by atoms with van der Waals surface area (Å²) in [4.78, 5) is 0. The molecule has 1 atom stereocenters. The Morgan fingerprint density at radius 1 is 1.47 bits per heavy atom. The zero-order chi connectivity index (χ0) is 13.8. The summed E-state index contributed by atoms with van der Waals surface area (Å²) in [7, 11) is 0. The lowest BCUT2D eigenvalue weighted by Crippen LogP contribution is -2.18. The van der Waals surface area contributed by atoms with E-state index in [2.05, 4.69) is 5.10 Å². The van der Waals surface area contributed by atoms with Crippen molar-refractivity contribution >= 4 is 11.6 Å². The lowest BCUT2D eigenvalue weighted by molar-refractivity contribution is 0.473. The van der Waals surface area contributed by atoms with Crippen LogP contribution in [0.5, 0.6) is 11.5 Å². The van der Waals surface area contributed by atoms with Crippen molar-refractivity contribution in [2.45, 2.75) is 32.9 Å². The number of nitrogens with zero attached hydrogens (tertiary/aromatic N) is 2. The van der Waals surface area contributed by atoms with Gasteiger partial charge in [-0.15, -0.1) is 0 Å². The van der Waals surface area contributed by atoms with Crippen molar-refractivity contribution < 1.29 is 4.74 Å². The van der Waals surface area contributed by atoms with Crippen LogP contribution in [0.4, 0.5) is 0 Å². The minimum atomic E-state index is 0.0548. The first kappa shape index (κ1) is 13.9. The van der Waals surface area contributed by atoms with E-state index in [4.69, 9.17) is 22.1 Å². The van der Waals surface area contributed by atoms with Crippen LogP contribution in [-0.2, 0) is 13.0 Å². The molecular formula is C14H18ClN3O. The van der Waals surface area contributed by atoms with Crippen LogP contribution in [0.15, 0.2) is 30.6 Å². The average molecular weight is 280 g/mol. The lowest BCUT2D eigenvalue weighted by Gasteiger charge is -2.13. The summed E-state index contributed by atoms with van der Waals surface area (Å²) in [5.41, 5.74) is 6.85. The van der Waals surface area contributed by atoms with E-state index in [1.165, 1.54) is 0 Å². The summed E-state index contributed by atoms with van der Waals surface area (Å²) in [6.45, 7) is 4.78. The van der Waals surface area contributed by atoms with Gasteiger partial charge >= 0.3 is 0 Å². The number of aromatic nitrogens is 2. The highest BCUT2D eigenvalue weighted by Gasteiger charge is 2.12. The predicted molar refractivity (Wildman–Crippen MR) is 76.8 cm³/mol. The molecule has 1 unspecified atom stereocenters. The molecule has 19 heavy (non-hydrogen) atoms. The molecule has 1 aromatic carbocycles. The Morgan fingerprint density at radius 3 is 2.89 bits per heavy atom. The Bertz CT molecular complexity index is 551. The number of benzene rings is 1. The van der Waals surface area contributed by atoms with Crippen LogP contribution in [0, 0.1) is 0 Å². The second-order valence-electron chi connectivity index (χ2n) is 4.54. The lowest BCUT2D eigenvalue weighted by atomic mass is 10.1. The number of hydrogen-bond acceptors (Lipinski definition) is 3. The van der Waals surface area contributed by atoms with Gasteiger partial charge in [-0.25, -0.2) is 0 Å². The number of para-hydroxylation sites is 1. The summed E-state index contributed by atoms with van der Waals surface area (Å²) >= 11 is 6.21. The van der Waals surface area contributed by atoms with Crippen molar-refractivity contribution in [2.75, 3.05) is 0 Å². The quantitative estimate of drug-likeness (QED) is 0.914. The zero-order valence-electron chi connectivity index (χ0n) is 11.1. The number of halogens is 1. The zero-order valence-corrected chi connectivity index (χ0v) is 11.9. The fourth-order valence-corrected chi connectivity index (χ4v) is 2.10. The van der Waals surface area contributed by atoms with Gasteiger partial charge in [-0.05, 0) is 31.9 Å². The normalized spacial score (nSPS) is 12.4. The number of ether oxygens (including phenoxy) is 1. The summed E-state index contributed by atoms with van der Waals surface area (Å²) < 4.78 is 7.66. The molecule has 4 nitrogen and oxygen atoms in total. The van der Waals surface area contributed by atoms with Crippen LogP contribution < -0.4 is 10.5 Å². The van der Waals surface area contributed by atoms with E-state index < -0.39 is 0 Å². The summed E-state index contributed by atoms with van der Waals surface area (Å²) in [6.07, 6.45) is 4.25. The highest BCUT2D eigenvalue weighted by Crippen LogP contribution is 2.33. The smallest absolute Gasteiger partial charge is 0.165 e. The van der Waals surface area contributed by atoms with Crippen molar-refractivity contribution in [3.8, 4) is 11.5 Å². The van der Waals surface area contributed by atoms with Gasteiger partial charge in [0.05, 0.1) is 17.4 Å². The van der Waals surface area contributed by atoms with E-state index in [9.17, 15) is 0 Å². The number of hydrogen-bond donors (Lipinski definition) is 1. The van der Waals surface area contributed by atoms with Crippen LogP contribution in [0.25, 0.3) is 0 Å². The Kier molecular flexibility index (Phi) is 4.45. The molecule has 5 heteroatoms. The van der Waals surface area contributed by atoms with Gasteiger partial charge in [-0.1, -0.05) is 23.7 Å². The summed E-state index contributed by atoms with van der Waals surface area (Å²) in [5.74, 6) is 1.35. The molecule has 0 bridgehead atoms. The third kappa shape index (κ3) is 3.49. The van der Waals surface area contributed by atoms with E-state index >= 15 is 0 Å². The molecule has 0 saturated carbocycles. The molecule has 0 amide bonds. The molecule has 0 spiro atoms. The van der Waals surface area contributed by atoms with Gasteiger partial charge in [-0.3, -0.25) is 4.68 Å². The second kappa shape index (κ2) is 6.08. The first-order valence-corrected chi connectivity index (χ1v) is 6.71. The maximum atomic E-state index is 6.21. The molecule has 2 N–H and O–H groups in total. The largest absolute Gasteiger partial charge is 0.452 e. The Hall–Kier alpha value is -1.52. The molecule has 0 saturated heterocycles. The minimum Gasteiger partial charge on any atom is -0.452 e. The molecule has 0 aliphatic rings. The highest BCUT2D eigenvalue weighted by atomic mass is 35.5. The molecule has 2 rings (SSSR count). The molecule has 0 radical (unpaired) electrons. The number of rotatable bonds is 5. The third-order valence-corrected chi connectivity index (χ3v) is 3.04. The van der Waals surface area contributed by atoms with E-state index in [-0.39, 0.29) is 6.04 Å². The van der Waals surface area contributed by atoms with Gasteiger partial charge in [0.1, 0.15) is 5.75 Å². The standard InChI is InChI=1S/C14H18ClN3O/c1-3-18-9-12(8-17-18)19-14-11(7-10(2)16)5-4-6-13(14)15/h4-6,8-10H,3,7,16H2,1-2H3. The Labute approximate surface area is 118 Å². The highest BCUT2D eigenvalue weighted by molar-refractivity contribution is 6.32. The van der Waals surface area contributed by atoms with Gasteiger partial charge in [-0.2, -0.15) is 5.10 Å². The van der Waals surface area contributed by atoms with E-state index in [0.29, 0.717) is 16.5 Å². The molecule has 0 fully saturated rings. The van der Waals surface area contributed by atoms with Crippen LogP contribution in [-0.4, -0.2) is 15.8 Å². The maximum Gasteiger partial charge on any atom is 0.165 e. The van der Waals surface area contributed by atoms with Gasteiger partial charge in [0.2, 0.25) is 0 Å². The van der Waals surface area contributed by atoms with Crippen LogP contribution in [0.3, 0.4) is 0 Å². The molecule has 102 valence electrons. The minimum absolute atomic E-state index is 0.0548. The van der Waals surface area contributed by atoms with Crippen LogP contribution in [0.2, 0.25) is 5.02 Å². The van der Waals surface area contributed by atoms with Crippen molar-refractivity contribution in [3.05, 3.63) is 41.2 Å². The SMILES string of the molecule is CCn1cc(Oc2c(Cl)cccc2CC(C)N)cn1. The van der Waals surface area contributed by atoms with Crippen molar-refractivity contribution in [3.63, 3.8) is 0 Å². The molecular weight excluding hydrogens is 262 g/mol. The Morgan fingerprint density at radius 2 is 2.26 bits per heavy atom. The fraction of sp³-hybridized carbons (Fsp3) is 0.357. The maximum absolute atomic E-state index is 6.21. The fourth-order valence-electron chi connectivity index (χ4n) is 1.86. The number of nitrogens with two attached hydrogens (primary N) is 1. The van der Waals surface area contributed by atoms with E-state index in [1.807, 2.05) is 38.2 Å². The topological polar surface area (TPSA) is 53.1 Å². The first-order valence-electron chi connectivity index (χ1n) is 6.33. The predicted octanol–water partition coefficient (Wildman–Crippen LogP) is 3.24. The molecule has 1 aromatic heterocycles. The van der Waals surface area contributed by atoms with Crippen molar-refractivity contribution in [1.82, 2.24) is 9.78 Å². The molecule has 0 aliphatic heterocycles. The van der Waals surface area contributed by atoms with E-state index in [0.717, 1.165) is 18.5 Å². The summed E-state index contributed by atoms with van der Waals surface area (Å²) in [5, 5.41) is 4.76. The van der Waals surface area contributed by atoms with E-state index in [1.54, 1.807) is 10.9 Å². The third-order valence-electron chi connectivity index (χ3n) is 2.74. The number of aryl methyl sites for hydroxylation is 1. The molecule has 1 heterocycles. The molecule has 0 aliphatic carbocycles. The van der Waals surface area contributed by atoms with Crippen molar-refractivity contribution in [1.29, 1.82) is 0 Å². The van der Waals surface area contributed by atoms with Gasteiger partial charge in [0.15, 0.2) is 5.75 Å². The average Bonchev–Trinajstić information content (AvgIpc) is 2.81. The monoisotopic (exact) mass is 279 g/mol. The Balaban J connectivity index is 2.27. The van der Waals surface area contributed by atoms with Gasteiger partial charge < -0.3 is 10.5 Å². The van der Waals surface area contributed by atoms with Crippen LogP contribution in [0.1, 0.15) is 19.4 Å². The van der Waals surface area contributed by atoms with Gasteiger partial charge in [0.25, 0.3) is 0 Å². The second-order valence-corrected chi connectivity index (χ2v) is 4.95. The van der Waals surface area contributed by atoms with Crippen LogP contribution >= 0.6 is 11.6 Å². The summed E-state index contributed by atoms with van der Waals surface area (Å²) in [6, 6.07) is 5.75. The first-order chi connectivity index (χ1) is 9.10. The van der Waals surface area contributed by atoms with Gasteiger partial charge in [0, 0.05) is 12.6 Å². The molecule has 2 aromatic rings.